The molecule has 1 unspecified atom stereocenters. The van der Waals surface area contributed by atoms with Gasteiger partial charge >= 0.3 is 5.97 Å². The Morgan fingerprint density at radius 2 is 1.76 bits per heavy atom. The van der Waals surface area contributed by atoms with E-state index < -0.39 is 11.9 Å². The van der Waals surface area contributed by atoms with Crippen LogP contribution >= 0.6 is 15.9 Å². The van der Waals surface area contributed by atoms with E-state index in [1.807, 2.05) is 54.6 Å². The predicted molar refractivity (Wildman–Crippen MR) is 85.1 cm³/mol. The van der Waals surface area contributed by atoms with Gasteiger partial charge in [0.2, 0.25) is 0 Å². The normalized spacial score (nSPS) is 12.0. The van der Waals surface area contributed by atoms with Crippen LogP contribution in [-0.4, -0.2) is 17.7 Å². The van der Waals surface area contributed by atoms with Crippen molar-refractivity contribution < 1.29 is 14.6 Å². The first-order valence-corrected chi connectivity index (χ1v) is 7.54. The second kappa shape index (κ2) is 7.96. The first kappa shape index (κ1) is 15.7. The van der Waals surface area contributed by atoms with E-state index in [0.717, 1.165) is 15.6 Å². The fraction of sp³-hybridized carbons (Fsp3) is 0.235. The predicted octanol–water partition coefficient (Wildman–Crippen LogP) is 3.91. The van der Waals surface area contributed by atoms with E-state index in [1.54, 1.807) is 0 Å². The fourth-order valence-corrected chi connectivity index (χ4v) is 2.49. The highest BCUT2D eigenvalue weighted by molar-refractivity contribution is 9.10. The van der Waals surface area contributed by atoms with E-state index >= 15 is 0 Å². The molecular weight excluding hydrogens is 332 g/mol. The Kier molecular flexibility index (Phi) is 5.96. The van der Waals surface area contributed by atoms with Gasteiger partial charge < -0.3 is 9.84 Å². The summed E-state index contributed by atoms with van der Waals surface area (Å²) in [6.07, 6.45) is 0.450. The van der Waals surface area contributed by atoms with Gasteiger partial charge in [0, 0.05) is 4.47 Å². The Balaban J connectivity index is 1.91. The number of carboxylic acid groups (broad SMARTS) is 1. The molecule has 0 amide bonds. The molecule has 0 saturated heterocycles. The SMILES string of the molecule is O=C(O)C(COCc1ccccc1)Cc1ccccc1Br. The molecule has 0 aliphatic rings. The number of halogens is 1. The minimum absolute atomic E-state index is 0.200. The van der Waals surface area contributed by atoms with Gasteiger partial charge in [-0.2, -0.15) is 0 Å². The molecule has 2 rings (SSSR count). The largest absolute Gasteiger partial charge is 0.481 e. The Morgan fingerprint density at radius 3 is 2.43 bits per heavy atom. The number of carboxylic acids is 1. The van der Waals surface area contributed by atoms with Gasteiger partial charge in [0.25, 0.3) is 0 Å². The Hall–Kier alpha value is -1.65. The monoisotopic (exact) mass is 348 g/mol. The number of rotatable bonds is 7. The average Bonchev–Trinajstić information content (AvgIpc) is 2.49. The number of aliphatic carboxylic acids is 1. The van der Waals surface area contributed by atoms with E-state index in [4.69, 9.17) is 4.74 Å². The summed E-state index contributed by atoms with van der Waals surface area (Å²) >= 11 is 3.45. The third-order valence-electron chi connectivity index (χ3n) is 3.20. The van der Waals surface area contributed by atoms with E-state index in [0.29, 0.717) is 13.0 Å². The lowest BCUT2D eigenvalue weighted by atomic mass is 10.0. The zero-order valence-electron chi connectivity index (χ0n) is 11.5. The van der Waals surface area contributed by atoms with Crippen LogP contribution in [0.25, 0.3) is 0 Å². The molecule has 0 fully saturated rings. The van der Waals surface area contributed by atoms with Crippen LogP contribution in [0.1, 0.15) is 11.1 Å². The van der Waals surface area contributed by atoms with Crippen molar-refractivity contribution in [3.63, 3.8) is 0 Å². The Bertz CT molecular complexity index is 584. The molecule has 0 saturated carbocycles. The first-order valence-electron chi connectivity index (χ1n) is 6.74. The van der Waals surface area contributed by atoms with E-state index in [-0.39, 0.29) is 6.61 Å². The van der Waals surface area contributed by atoms with Crippen LogP contribution in [0.3, 0.4) is 0 Å². The summed E-state index contributed by atoms with van der Waals surface area (Å²) in [6.45, 7) is 0.631. The molecule has 0 aliphatic heterocycles. The molecule has 1 N–H and O–H groups in total. The van der Waals surface area contributed by atoms with Gasteiger partial charge in [-0.15, -0.1) is 0 Å². The van der Waals surface area contributed by atoms with Crippen molar-refractivity contribution in [3.8, 4) is 0 Å². The lowest BCUT2D eigenvalue weighted by Crippen LogP contribution is -2.22. The number of ether oxygens (including phenoxy) is 1. The summed E-state index contributed by atoms with van der Waals surface area (Å²) in [6, 6.07) is 17.4. The molecule has 0 bridgehead atoms. The molecule has 21 heavy (non-hydrogen) atoms. The molecule has 0 aromatic heterocycles. The lowest BCUT2D eigenvalue weighted by molar-refractivity contribution is -0.144. The van der Waals surface area contributed by atoms with Crippen LogP contribution in [0.2, 0.25) is 0 Å². The van der Waals surface area contributed by atoms with Crippen molar-refractivity contribution in [2.45, 2.75) is 13.0 Å². The minimum atomic E-state index is -0.834. The van der Waals surface area contributed by atoms with Gasteiger partial charge in [-0.3, -0.25) is 4.79 Å². The van der Waals surface area contributed by atoms with Crippen molar-refractivity contribution in [3.05, 3.63) is 70.2 Å². The second-order valence-corrected chi connectivity index (χ2v) is 5.69. The van der Waals surface area contributed by atoms with Gasteiger partial charge in [-0.25, -0.2) is 0 Å². The smallest absolute Gasteiger partial charge is 0.309 e. The average molecular weight is 349 g/mol. The molecule has 110 valence electrons. The first-order chi connectivity index (χ1) is 10.2. The maximum Gasteiger partial charge on any atom is 0.309 e. The van der Waals surface area contributed by atoms with Crippen molar-refractivity contribution in [1.29, 1.82) is 0 Å². The van der Waals surface area contributed by atoms with Crippen molar-refractivity contribution in [2.75, 3.05) is 6.61 Å². The maximum absolute atomic E-state index is 11.4. The zero-order valence-corrected chi connectivity index (χ0v) is 13.1. The molecule has 0 aliphatic carbocycles. The highest BCUT2D eigenvalue weighted by Gasteiger charge is 2.19. The van der Waals surface area contributed by atoms with Gasteiger partial charge in [0.15, 0.2) is 0 Å². The molecule has 2 aromatic rings. The van der Waals surface area contributed by atoms with Crippen molar-refractivity contribution in [2.24, 2.45) is 5.92 Å². The molecule has 0 radical (unpaired) electrons. The van der Waals surface area contributed by atoms with Crippen LogP contribution in [0.4, 0.5) is 0 Å². The summed E-state index contributed by atoms with van der Waals surface area (Å²) in [5, 5.41) is 9.33. The molecule has 2 aromatic carbocycles. The second-order valence-electron chi connectivity index (χ2n) is 4.83. The molecule has 4 heteroatoms. The van der Waals surface area contributed by atoms with Crippen LogP contribution in [-0.2, 0) is 22.6 Å². The minimum Gasteiger partial charge on any atom is -0.481 e. The van der Waals surface area contributed by atoms with Crippen molar-refractivity contribution in [1.82, 2.24) is 0 Å². The third kappa shape index (κ3) is 4.99. The van der Waals surface area contributed by atoms with Crippen LogP contribution in [0, 0.1) is 5.92 Å². The van der Waals surface area contributed by atoms with Crippen LogP contribution in [0.5, 0.6) is 0 Å². The van der Waals surface area contributed by atoms with Gasteiger partial charge in [0.1, 0.15) is 0 Å². The summed E-state index contributed by atoms with van der Waals surface area (Å²) < 4.78 is 6.49. The highest BCUT2D eigenvalue weighted by atomic mass is 79.9. The fourth-order valence-electron chi connectivity index (χ4n) is 2.04. The van der Waals surface area contributed by atoms with Gasteiger partial charge in [-0.05, 0) is 23.6 Å². The quantitative estimate of drug-likeness (QED) is 0.824. The zero-order chi connectivity index (χ0) is 15.1. The molecule has 0 spiro atoms. The Morgan fingerprint density at radius 1 is 1.10 bits per heavy atom. The number of hydrogen-bond donors (Lipinski definition) is 1. The summed E-state index contributed by atoms with van der Waals surface area (Å²) in [4.78, 5) is 11.4. The van der Waals surface area contributed by atoms with Crippen molar-refractivity contribution >= 4 is 21.9 Å². The molecule has 1 atom stereocenters. The van der Waals surface area contributed by atoms with Gasteiger partial charge in [0.05, 0.1) is 19.1 Å². The molecular formula is C17H17BrO3. The highest BCUT2D eigenvalue weighted by Crippen LogP contribution is 2.20. The standard InChI is InChI=1S/C17H17BrO3/c18-16-9-5-4-8-14(16)10-15(17(19)20)12-21-11-13-6-2-1-3-7-13/h1-9,15H,10-12H2,(H,19,20). The van der Waals surface area contributed by atoms with Crippen LogP contribution < -0.4 is 0 Å². The summed E-state index contributed by atoms with van der Waals surface area (Å²) in [7, 11) is 0. The van der Waals surface area contributed by atoms with E-state index in [2.05, 4.69) is 15.9 Å². The third-order valence-corrected chi connectivity index (χ3v) is 3.98. The van der Waals surface area contributed by atoms with E-state index in [9.17, 15) is 9.90 Å². The lowest BCUT2D eigenvalue weighted by Gasteiger charge is -2.14. The van der Waals surface area contributed by atoms with E-state index in [1.165, 1.54) is 0 Å². The number of benzene rings is 2. The maximum atomic E-state index is 11.4. The number of carbonyl (C=O) groups is 1. The summed E-state index contributed by atoms with van der Waals surface area (Å²) in [5.41, 5.74) is 2.02. The number of hydrogen-bond acceptors (Lipinski definition) is 2. The molecule has 0 heterocycles. The topological polar surface area (TPSA) is 46.5 Å². The Labute approximate surface area is 132 Å². The summed E-state index contributed by atoms with van der Waals surface area (Å²) in [5.74, 6) is -1.38. The molecule has 3 nitrogen and oxygen atoms in total. The van der Waals surface area contributed by atoms with Gasteiger partial charge in [-0.1, -0.05) is 64.5 Å². The van der Waals surface area contributed by atoms with Crippen LogP contribution in [0.15, 0.2) is 59.1 Å².